The Kier molecular flexibility index (Phi) is 6.13. The Labute approximate surface area is 132 Å². The highest BCUT2D eigenvalue weighted by molar-refractivity contribution is 5.65. The van der Waals surface area contributed by atoms with E-state index in [1.54, 1.807) is 24.3 Å². The van der Waals surface area contributed by atoms with Crippen LogP contribution in [-0.4, -0.2) is 4.92 Å². The van der Waals surface area contributed by atoms with Gasteiger partial charge in [0.15, 0.2) is 0 Å². The third-order valence-corrected chi connectivity index (χ3v) is 3.93. The Morgan fingerprint density at radius 3 is 1.91 bits per heavy atom. The average Bonchev–Trinajstić information content (AvgIpc) is 2.55. The molecule has 0 saturated heterocycles. The van der Waals surface area contributed by atoms with Crippen LogP contribution in [0.1, 0.15) is 44.6 Å². The van der Waals surface area contributed by atoms with Gasteiger partial charge in [0.2, 0.25) is 0 Å². The molecule has 3 nitrogen and oxygen atoms in total. The maximum Gasteiger partial charge on any atom is 0.269 e. The van der Waals surface area contributed by atoms with Gasteiger partial charge in [0, 0.05) is 12.1 Å². The molecule has 0 saturated carbocycles. The minimum absolute atomic E-state index is 0.132. The molecular formula is C19H23NO2. The van der Waals surface area contributed by atoms with Crippen molar-refractivity contribution in [3.63, 3.8) is 0 Å². The Balaban J connectivity index is 1.92. The van der Waals surface area contributed by atoms with Crippen molar-refractivity contribution >= 4 is 5.69 Å². The number of unbranched alkanes of at least 4 members (excludes halogenated alkanes) is 4. The third kappa shape index (κ3) is 4.69. The van der Waals surface area contributed by atoms with E-state index in [0.717, 1.165) is 17.5 Å². The molecule has 2 aromatic carbocycles. The number of non-ortho nitro benzene ring substituents is 1. The van der Waals surface area contributed by atoms with Crippen LogP contribution in [0.5, 0.6) is 0 Å². The van der Waals surface area contributed by atoms with Crippen molar-refractivity contribution in [3.8, 4) is 11.1 Å². The van der Waals surface area contributed by atoms with Gasteiger partial charge in [-0.2, -0.15) is 0 Å². The van der Waals surface area contributed by atoms with Crippen molar-refractivity contribution in [2.45, 2.75) is 45.4 Å². The van der Waals surface area contributed by atoms with Crippen LogP contribution in [0.2, 0.25) is 0 Å². The minimum Gasteiger partial charge on any atom is -0.258 e. The highest BCUT2D eigenvalue weighted by Gasteiger charge is 2.05. The normalized spacial score (nSPS) is 10.6. The lowest BCUT2D eigenvalue weighted by Gasteiger charge is -2.05. The van der Waals surface area contributed by atoms with Gasteiger partial charge in [0.1, 0.15) is 0 Å². The molecule has 2 rings (SSSR count). The number of nitro benzene ring substituents is 1. The van der Waals surface area contributed by atoms with Crippen LogP contribution in [0.25, 0.3) is 11.1 Å². The third-order valence-electron chi connectivity index (χ3n) is 3.93. The summed E-state index contributed by atoms with van der Waals surface area (Å²) in [5, 5.41) is 10.7. The first-order valence-corrected chi connectivity index (χ1v) is 8.04. The predicted molar refractivity (Wildman–Crippen MR) is 91.0 cm³/mol. The summed E-state index contributed by atoms with van der Waals surface area (Å²) in [6.07, 6.45) is 7.62. The maximum atomic E-state index is 10.7. The second-order valence-corrected chi connectivity index (χ2v) is 5.67. The van der Waals surface area contributed by atoms with E-state index in [-0.39, 0.29) is 10.6 Å². The van der Waals surface area contributed by atoms with Crippen molar-refractivity contribution in [1.29, 1.82) is 0 Å². The van der Waals surface area contributed by atoms with Gasteiger partial charge in [-0.1, -0.05) is 56.9 Å². The first kappa shape index (κ1) is 16.2. The van der Waals surface area contributed by atoms with Gasteiger partial charge in [-0.15, -0.1) is 0 Å². The van der Waals surface area contributed by atoms with Gasteiger partial charge in [0.25, 0.3) is 5.69 Å². The largest absolute Gasteiger partial charge is 0.269 e. The van der Waals surface area contributed by atoms with Crippen LogP contribution < -0.4 is 0 Å². The molecule has 0 aromatic heterocycles. The Hall–Kier alpha value is -2.16. The van der Waals surface area contributed by atoms with E-state index in [0.29, 0.717) is 0 Å². The molecule has 0 aliphatic heterocycles. The molecule has 0 aliphatic rings. The highest BCUT2D eigenvalue weighted by atomic mass is 16.6. The van der Waals surface area contributed by atoms with Crippen LogP contribution in [0.4, 0.5) is 5.69 Å². The van der Waals surface area contributed by atoms with E-state index in [1.807, 2.05) is 0 Å². The number of nitrogens with zero attached hydrogens (tertiary/aromatic N) is 1. The van der Waals surface area contributed by atoms with Crippen molar-refractivity contribution in [1.82, 2.24) is 0 Å². The standard InChI is InChI=1S/C19H23NO2/c1-2-3-4-5-6-7-16-8-10-17(11-9-16)18-12-14-19(15-13-18)20(21)22/h8-15H,2-7H2,1H3. The maximum absolute atomic E-state index is 10.7. The summed E-state index contributed by atoms with van der Waals surface area (Å²) >= 11 is 0. The smallest absolute Gasteiger partial charge is 0.258 e. The number of benzene rings is 2. The molecule has 0 radical (unpaired) electrons. The van der Waals surface area contributed by atoms with Crippen LogP contribution >= 0.6 is 0 Å². The van der Waals surface area contributed by atoms with E-state index in [4.69, 9.17) is 0 Å². The van der Waals surface area contributed by atoms with Gasteiger partial charge in [-0.25, -0.2) is 0 Å². The summed E-state index contributed by atoms with van der Waals surface area (Å²) in [6.45, 7) is 2.23. The Bertz CT molecular complexity index is 588. The van der Waals surface area contributed by atoms with Crippen LogP contribution in [0.3, 0.4) is 0 Å². The van der Waals surface area contributed by atoms with E-state index in [9.17, 15) is 10.1 Å². The zero-order valence-corrected chi connectivity index (χ0v) is 13.1. The molecule has 0 spiro atoms. The van der Waals surface area contributed by atoms with Crippen molar-refractivity contribution in [2.24, 2.45) is 0 Å². The monoisotopic (exact) mass is 297 g/mol. The molecule has 2 aromatic rings. The fourth-order valence-corrected chi connectivity index (χ4v) is 2.57. The Morgan fingerprint density at radius 2 is 1.36 bits per heavy atom. The van der Waals surface area contributed by atoms with E-state index >= 15 is 0 Å². The minimum atomic E-state index is -0.370. The van der Waals surface area contributed by atoms with Gasteiger partial charge >= 0.3 is 0 Å². The summed E-state index contributed by atoms with van der Waals surface area (Å²) in [7, 11) is 0. The second kappa shape index (κ2) is 8.32. The number of nitro groups is 1. The number of rotatable bonds is 8. The van der Waals surface area contributed by atoms with Crippen molar-refractivity contribution < 1.29 is 4.92 Å². The molecule has 116 valence electrons. The van der Waals surface area contributed by atoms with Crippen LogP contribution in [0, 0.1) is 10.1 Å². The van der Waals surface area contributed by atoms with E-state index in [2.05, 4.69) is 31.2 Å². The molecule has 0 fully saturated rings. The molecule has 0 atom stereocenters. The lowest BCUT2D eigenvalue weighted by atomic mass is 10.0. The van der Waals surface area contributed by atoms with E-state index < -0.39 is 0 Å². The van der Waals surface area contributed by atoms with Gasteiger partial charge in [-0.05, 0) is 41.7 Å². The highest BCUT2D eigenvalue weighted by Crippen LogP contribution is 2.23. The lowest BCUT2D eigenvalue weighted by Crippen LogP contribution is -1.88. The molecule has 0 heterocycles. The van der Waals surface area contributed by atoms with Crippen molar-refractivity contribution in [2.75, 3.05) is 0 Å². The molecule has 22 heavy (non-hydrogen) atoms. The number of aryl methyl sites for hydroxylation is 1. The first-order valence-electron chi connectivity index (χ1n) is 8.04. The quantitative estimate of drug-likeness (QED) is 0.352. The zero-order chi connectivity index (χ0) is 15.8. The van der Waals surface area contributed by atoms with Gasteiger partial charge < -0.3 is 0 Å². The lowest BCUT2D eigenvalue weighted by molar-refractivity contribution is -0.384. The molecule has 3 heteroatoms. The predicted octanol–water partition coefficient (Wildman–Crippen LogP) is 5.77. The molecular weight excluding hydrogens is 274 g/mol. The fourth-order valence-electron chi connectivity index (χ4n) is 2.57. The number of hydrogen-bond acceptors (Lipinski definition) is 2. The second-order valence-electron chi connectivity index (χ2n) is 5.67. The average molecular weight is 297 g/mol. The summed E-state index contributed by atoms with van der Waals surface area (Å²) in [5.74, 6) is 0. The molecule has 0 bridgehead atoms. The summed E-state index contributed by atoms with van der Waals surface area (Å²) in [4.78, 5) is 10.3. The fraction of sp³-hybridized carbons (Fsp3) is 0.368. The van der Waals surface area contributed by atoms with Crippen LogP contribution in [0.15, 0.2) is 48.5 Å². The summed E-state index contributed by atoms with van der Waals surface area (Å²) in [6, 6.07) is 15.2. The molecule has 0 N–H and O–H groups in total. The molecule has 0 aliphatic carbocycles. The van der Waals surface area contributed by atoms with Gasteiger partial charge in [0.05, 0.1) is 4.92 Å². The number of hydrogen-bond donors (Lipinski definition) is 0. The molecule has 0 amide bonds. The summed E-state index contributed by atoms with van der Waals surface area (Å²) in [5.41, 5.74) is 3.61. The van der Waals surface area contributed by atoms with E-state index in [1.165, 1.54) is 37.7 Å². The zero-order valence-electron chi connectivity index (χ0n) is 13.1. The topological polar surface area (TPSA) is 43.1 Å². The SMILES string of the molecule is CCCCCCCc1ccc(-c2ccc([N+](=O)[O-])cc2)cc1. The van der Waals surface area contributed by atoms with Gasteiger partial charge in [-0.3, -0.25) is 10.1 Å². The first-order chi connectivity index (χ1) is 10.7. The molecule has 0 unspecified atom stereocenters. The summed E-state index contributed by atoms with van der Waals surface area (Å²) < 4.78 is 0. The van der Waals surface area contributed by atoms with Crippen molar-refractivity contribution in [3.05, 3.63) is 64.2 Å². The Morgan fingerprint density at radius 1 is 0.818 bits per heavy atom. The van der Waals surface area contributed by atoms with Crippen LogP contribution in [-0.2, 0) is 6.42 Å².